The average molecular weight is 367 g/mol. The van der Waals surface area contributed by atoms with Crippen molar-refractivity contribution in [1.82, 2.24) is 15.0 Å². The molecule has 5 nitrogen and oxygen atoms in total. The Morgan fingerprint density at radius 2 is 2.00 bits per heavy atom. The second-order valence-electron chi connectivity index (χ2n) is 8.30. The van der Waals surface area contributed by atoms with Crippen LogP contribution in [-0.2, 0) is 0 Å². The van der Waals surface area contributed by atoms with E-state index in [4.69, 9.17) is 4.52 Å². The summed E-state index contributed by atoms with van der Waals surface area (Å²) in [6.07, 6.45) is 3.75. The second-order valence-corrected chi connectivity index (χ2v) is 8.30. The number of carbonyl (C=O) groups is 1. The molecule has 0 radical (unpaired) electrons. The van der Waals surface area contributed by atoms with E-state index in [0.29, 0.717) is 23.4 Å². The highest BCUT2D eigenvalue weighted by Gasteiger charge is 2.34. The molecule has 144 valence electrons. The molecule has 2 aromatic rings. The van der Waals surface area contributed by atoms with E-state index in [0.717, 1.165) is 37.5 Å². The van der Waals surface area contributed by atoms with Gasteiger partial charge in [-0.2, -0.15) is 0 Å². The summed E-state index contributed by atoms with van der Waals surface area (Å²) in [6.45, 7) is 8.34. The number of hydrogen-bond acceptors (Lipinski definition) is 4. The summed E-state index contributed by atoms with van der Waals surface area (Å²) in [6, 6.07) is 12.0. The fraction of sp³-hybridized carbons (Fsp3) is 0.545. The molecule has 1 saturated heterocycles. The van der Waals surface area contributed by atoms with Gasteiger partial charge in [-0.25, -0.2) is 0 Å². The molecule has 0 spiro atoms. The predicted molar refractivity (Wildman–Crippen MR) is 105 cm³/mol. The molecule has 1 aliphatic carbocycles. The molecule has 1 amide bonds. The molecule has 1 saturated carbocycles. The van der Waals surface area contributed by atoms with Crippen molar-refractivity contribution < 1.29 is 9.32 Å². The number of carbonyl (C=O) groups excluding carboxylic acids is 1. The van der Waals surface area contributed by atoms with Crippen molar-refractivity contribution in [3.05, 3.63) is 42.2 Å². The Morgan fingerprint density at radius 3 is 2.70 bits per heavy atom. The van der Waals surface area contributed by atoms with Crippen molar-refractivity contribution in [3.63, 3.8) is 0 Å². The third-order valence-electron chi connectivity index (χ3n) is 5.79. The van der Waals surface area contributed by atoms with Crippen LogP contribution in [0.2, 0.25) is 0 Å². The molecule has 2 fully saturated rings. The lowest BCUT2D eigenvalue weighted by molar-refractivity contribution is 0.0664. The molecule has 1 aromatic carbocycles. The molecule has 0 N–H and O–H groups in total. The maximum atomic E-state index is 13.1. The van der Waals surface area contributed by atoms with Gasteiger partial charge in [0.15, 0.2) is 0 Å². The standard InChI is InChI=1S/C22H29N3O2/c1-16(2)20-15-25(12-6-11-24(20)14-17-9-10-17)22(26)21-13-19(23-27-21)18-7-4-3-5-8-18/h3-5,7-8,13,16-17,20H,6,9-12,14-15H2,1-2H3/t20-/m1/s1. The van der Waals surface area contributed by atoms with Crippen molar-refractivity contribution in [2.24, 2.45) is 11.8 Å². The molecule has 0 bridgehead atoms. The highest BCUT2D eigenvalue weighted by molar-refractivity contribution is 5.92. The van der Waals surface area contributed by atoms with Crippen LogP contribution < -0.4 is 0 Å². The van der Waals surface area contributed by atoms with Crippen molar-refractivity contribution in [2.75, 3.05) is 26.2 Å². The lowest BCUT2D eigenvalue weighted by Crippen LogP contribution is -2.46. The van der Waals surface area contributed by atoms with Gasteiger partial charge in [-0.15, -0.1) is 0 Å². The van der Waals surface area contributed by atoms with Crippen LogP contribution in [0.15, 0.2) is 40.9 Å². The van der Waals surface area contributed by atoms with Gasteiger partial charge in [0.25, 0.3) is 5.91 Å². The minimum absolute atomic E-state index is 0.0383. The summed E-state index contributed by atoms with van der Waals surface area (Å²) >= 11 is 0. The van der Waals surface area contributed by atoms with Gasteiger partial charge in [-0.3, -0.25) is 9.69 Å². The van der Waals surface area contributed by atoms with Gasteiger partial charge in [0.1, 0.15) is 5.69 Å². The lowest BCUT2D eigenvalue weighted by atomic mass is 10.0. The van der Waals surface area contributed by atoms with E-state index in [2.05, 4.69) is 23.9 Å². The Balaban J connectivity index is 1.48. The van der Waals surface area contributed by atoms with Crippen molar-refractivity contribution in [1.29, 1.82) is 0 Å². The zero-order valence-corrected chi connectivity index (χ0v) is 16.3. The molecular weight excluding hydrogens is 338 g/mol. The first-order valence-electron chi connectivity index (χ1n) is 10.2. The van der Waals surface area contributed by atoms with Crippen molar-refractivity contribution >= 4 is 5.91 Å². The fourth-order valence-electron chi connectivity index (χ4n) is 4.02. The quantitative estimate of drug-likeness (QED) is 0.804. The summed E-state index contributed by atoms with van der Waals surface area (Å²) < 4.78 is 5.42. The van der Waals surface area contributed by atoms with Crippen molar-refractivity contribution in [3.8, 4) is 11.3 Å². The first kappa shape index (κ1) is 18.2. The van der Waals surface area contributed by atoms with E-state index < -0.39 is 0 Å². The largest absolute Gasteiger partial charge is 0.350 e. The summed E-state index contributed by atoms with van der Waals surface area (Å²) in [5.41, 5.74) is 1.68. The van der Waals surface area contributed by atoms with Crippen LogP contribution in [0.25, 0.3) is 11.3 Å². The van der Waals surface area contributed by atoms with Gasteiger partial charge in [0.2, 0.25) is 5.76 Å². The Labute approximate surface area is 161 Å². The maximum absolute atomic E-state index is 13.1. The van der Waals surface area contributed by atoms with E-state index in [-0.39, 0.29) is 5.91 Å². The monoisotopic (exact) mass is 367 g/mol. The summed E-state index contributed by atoms with van der Waals surface area (Å²) in [5.74, 6) is 1.69. The Morgan fingerprint density at radius 1 is 1.22 bits per heavy atom. The third-order valence-corrected chi connectivity index (χ3v) is 5.79. The number of amides is 1. The first-order valence-corrected chi connectivity index (χ1v) is 10.2. The fourth-order valence-corrected chi connectivity index (χ4v) is 4.02. The Kier molecular flexibility index (Phi) is 5.30. The smallest absolute Gasteiger partial charge is 0.292 e. The van der Waals surface area contributed by atoms with Crippen LogP contribution in [0.3, 0.4) is 0 Å². The summed E-state index contributed by atoms with van der Waals surface area (Å²) in [5, 5.41) is 4.11. The highest BCUT2D eigenvalue weighted by atomic mass is 16.5. The normalized spacial score (nSPS) is 21.4. The minimum Gasteiger partial charge on any atom is -0.350 e. The molecule has 5 heteroatoms. The van der Waals surface area contributed by atoms with Crippen LogP contribution >= 0.6 is 0 Å². The molecule has 1 aliphatic heterocycles. The molecular formula is C22H29N3O2. The highest BCUT2D eigenvalue weighted by Crippen LogP contribution is 2.32. The van der Waals surface area contributed by atoms with E-state index in [1.165, 1.54) is 19.4 Å². The Hall–Kier alpha value is -2.14. The molecule has 1 aromatic heterocycles. The lowest BCUT2D eigenvalue weighted by Gasteiger charge is -2.34. The zero-order chi connectivity index (χ0) is 18.8. The van der Waals surface area contributed by atoms with Gasteiger partial charge in [0, 0.05) is 43.9 Å². The number of rotatable bonds is 5. The van der Waals surface area contributed by atoms with Gasteiger partial charge in [-0.05, 0) is 31.1 Å². The predicted octanol–water partition coefficient (Wildman–Crippen LogP) is 3.92. The molecule has 27 heavy (non-hydrogen) atoms. The van der Waals surface area contributed by atoms with Gasteiger partial charge in [-0.1, -0.05) is 49.3 Å². The van der Waals surface area contributed by atoms with Gasteiger partial charge in [0.05, 0.1) is 0 Å². The topological polar surface area (TPSA) is 49.6 Å². The third kappa shape index (κ3) is 4.24. The van der Waals surface area contributed by atoms with E-state index >= 15 is 0 Å². The molecule has 2 heterocycles. The summed E-state index contributed by atoms with van der Waals surface area (Å²) in [4.78, 5) is 17.7. The number of aromatic nitrogens is 1. The molecule has 2 aliphatic rings. The number of hydrogen-bond donors (Lipinski definition) is 0. The molecule has 0 unspecified atom stereocenters. The van der Waals surface area contributed by atoms with Gasteiger partial charge >= 0.3 is 0 Å². The van der Waals surface area contributed by atoms with Crippen LogP contribution in [0.4, 0.5) is 0 Å². The van der Waals surface area contributed by atoms with Crippen LogP contribution in [0.5, 0.6) is 0 Å². The Bertz CT molecular complexity index is 767. The van der Waals surface area contributed by atoms with Crippen LogP contribution in [0.1, 0.15) is 43.7 Å². The molecule has 1 atom stereocenters. The van der Waals surface area contributed by atoms with E-state index in [1.807, 2.05) is 35.2 Å². The second kappa shape index (κ2) is 7.85. The zero-order valence-electron chi connectivity index (χ0n) is 16.3. The van der Waals surface area contributed by atoms with Gasteiger partial charge < -0.3 is 9.42 Å². The number of nitrogens with zero attached hydrogens (tertiary/aromatic N) is 3. The minimum atomic E-state index is -0.0383. The summed E-state index contributed by atoms with van der Waals surface area (Å²) in [7, 11) is 0. The first-order chi connectivity index (χ1) is 13.1. The molecule has 4 rings (SSSR count). The van der Waals surface area contributed by atoms with E-state index in [1.54, 1.807) is 6.07 Å². The maximum Gasteiger partial charge on any atom is 0.292 e. The van der Waals surface area contributed by atoms with Crippen LogP contribution in [-0.4, -0.2) is 53.1 Å². The number of benzene rings is 1. The van der Waals surface area contributed by atoms with Crippen molar-refractivity contribution in [2.45, 2.75) is 39.2 Å². The average Bonchev–Trinajstić information content (AvgIpc) is 3.40. The van der Waals surface area contributed by atoms with E-state index in [9.17, 15) is 4.79 Å². The SMILES string of the molecule is CC(C)[C@H]1CN(C(=O)c2cc(-c3ccccc3)no2)CCCN1CC1CC1. The van der Waals surface area contributed by atoms with Crippen LogP contribution in [0, 0.1) is 11.8 Å².